The van der Waals surface area contributed by atoms with E-state index in [0.29, 0.717) is 11.9 Å². The van der Waals surface area contributed by atoms with Crippen molar-refractivity contribution in [3.63, 3.8) is 0 Å². The van der Waals surface area contributed by atoms with Gasteiger partial charge in [0.25, 0.3) is 0 Å². The molecule has 5 rings (SSSR count). The topological polar surface area (TPSA) is 99.3 Å². The third-order valence-electron chi connectivity index (χ3n) is 6.87. The van der Waals surface area contributed by atoms with Gasteiger partial charge in [0.15, 0.2) is 0 Å². The van der Waals surface area contributed by atoms with Crippen LogP contribution >= 0.6 is 0 Å². The molecule has 0 N–H and O–H groups in total. The highest BCUT2D eigenvalue weighted by Crippen LogP contribution is 2.29. The van der Waals surface area contributed by atoms with E-state index in [-0.39, 0.29) is 0 Å². The Morgan fingerprint density at radius 3 is 1.34 bits per heavy atom. The van der Waals surface area contributed by atoms with Crippen LogP contribution in [0, 0.1) is 13.8 Å². The van der Waals surface area contributed by atoms with Crippen molar-refractivity contribution in [2.75, 3.05) is 36.0 Å². The number of azo groups is 2. The minimum Gasteiger partial charge on any atom is -0.368 e. The summed E-state index contributed by atoms with van der Waals surface area (Å²) in [4.78, 5) is 4.85. The molecule has 0 bridgehead atoms. The molecular weight excluding hydrogens is 480 g/mol. The summed E-state index contributed by atoms with van der Waals surface area (Å²) >= 11 is 0. The number of hydrogen-bond donors (Lipinski definition) is 0. The maximum absolute atomic E-state index is 4.46. The summed E-state index contributed by atoms with van der Waals surface area (Å²) in [6.07, 6.45) is 3.43. The molecule has 1 fully saturated rings. The highest BCUT2D eigenvalue weighted by molar-refractivity contribution is 5.60. The van der Waals surface area contributed by atoms with Gasteiger partial charge in [0.2, 0.25) is 12.7 Å². The molecule has 1 aliphatic rings. The van der Waals surface area contributed by atoms with E-state index in [0.717, 1.165) is 48.7 Å². The summed E-state index contributed by atoms with van der Waals surface area (Å²) in [5, 5.41) is 26.0. The number of hydrogen-bond acceptors (Lipinski definition) is 8. The summed E-state index contributed by atoms with van der Waals surface area (Å²) in [5.41, 5.74) is 6.33. The van der Waals surface area contributed by atoms with Crippen LogP contribution in [0.3, 0.4) is 0 Å². The largest absolute Gasteiger partial charge is 0.403 e. The van der Waals surface area contributed by atoms with Gasteiger partial charge in [0, 0.05) is 47.8 Å². The lowest BCUT2D eigenvalue weighted by Crippen LogP contribution is -2.46. The first-order valence-electron chi connectivity index (χ1n) is 12.6. The van der Waals surface area contributed by atoms with Crippen molar-refractivity contribution in [2.24, 2.45) is 48.6 Å². The van der Waals surface area contributed by atoms with Crippen LogP contribution in [0.2, 0.25) is 0 Å². The SMILES string of the molecule is Cc1cc(N2CCN(c3ccc(/N=N/c4n(C)nc[n+]4C)c(C)c3)CC2)ccc1/N=N/c1n(C)nc[n+]1C. The average molecular weight is 515 g/mol. The number of piperazine rings is 1. The lowest BCUT2D eigenvalue weighted by atomic mass is 10.1. The summed E-state index contributed by atoms with van der Waals surface area (Å²) in [6, 6.07) is 12.7. The molecule has 38 heavy (non-hydrogen) atoms. The maximum atomic E-state index is 4.46. The fourth-order valence-corrected chi connectivity index (χ4v) is 4.56. The Balaban J connectivity index is 1.22. The minimum absolute atomic E-state index is 0.693. The van der Waals surface area contributed by atoms with Gasteiger partial charge in [-0.2, -0.15) is 0 Å². The van der Waals surface area contributed by atoms with Crippen molar-refractivity contribution < 1.29 is 9.13 Å². The Morgan fingerprint density at radius 2 is 1.03 bits per heavy atom. The normalized spacial score (nSPS) is 14.4. The minimum atomic E-state index is 0.693. The fourth-order valence-electron chi connectivity index (χ4n) is 4.56. The van der Waals surface area contributed by atoms with Gasteiger partial charge in [-0.1, -0.05) is 10.2 Å². The van der Waals surface area contributed by atoms with Crippen LogP contribution < -0.4 is 18.9 Å². The van der Waals surface area contributed by atoms with E-state index in [2.05, 4.69) is 78.6 Å². The number of anilines is 2. The number of aromatic nitrogens is 6. The highest BCUT2D eigenvalue weighted by atomic mass is 15.4. The van der Waals surface area contributed by atoms with Crippen molar-refractivity contribution in [1.29, 1.82) is 0 Å². The molecule has 4 aromatic rings. The van der Waals surface area contributed by atoms with E-state index in [1.807, 2.05) is 49.5 Å². The van der Waals surface area contributed by atoms with Gasteiger partial charge in [0.1, 0.15) is 11.4 Å². The Labute approximate surface area is 222 Å². The highest BCUT2D eigenvalue weighted by Gasteiger charge is 2.19. The van der Waals surface area contributed by atoms with E-state index >= 15 is 0 Å². The number of aryl methyl sites for hydroxylation is 6. The second-order valence-corrected chi connectivity index (χ2v) is 9.65. The molecule has 0 radical (unpaired) electrons. The lowest BCUT2D eigenvalue weighted by molar-refractivity contribution is -0.659. The van der Waals surface area contributed by atoms with Crippen molar-refractivity contribution in [1.82, 2.24) is 19.6 Å². The predicted molar refractivity (Wildman–Crippen MR) is 144 cm³/mol. The van der Waals surface area contributed by atoms with E-state index < -0.39 is 0 Å². The zero-order valence-electron chi connectivity index (χ0n) is 22.8. The zero-order chi connectivity index (χ0) is 26.8. The molecule has 0 saturated carbocycles. The third kappa shape index (κ3) is 5.15. The summed E-state index contributed by atoms with van der Waals surface area (Å²) < 4.78 is 7.09. The molecule has 1 aliphatic heterocycles. The molecule has 0 unspecified atom stereocenters. The molecule has 196 valence electrons. The maximum Gasteiger partial charge on any atom is 0.403 e. The van der Waals surface area contributed by atoms with Crippen molar-refractivity contribution >= 4 is 34.6 Å². The Bertz CT molecular complexity index is 1350. The third-order valence-corrected chi connectivity index (χ3v) is 6.87. The van der Waals surface area contributed by atoms with Crippen LogP contribution in [-0.2, 0) is 28.2 Å². The Morgan fingerprint density at radius 1 is 0.632 bits per heavy atom. The fraction of sp³-hybridized carbons (Fsp3) is 0.385. The van der Waals surface area contributed by atoms with Crippen molar-refractivity contribution in [3.8, 4) is 0 Å². The van der Waals surface area contributed by atoms with Crippen LogP contribution in [0.1, 0.15) is 11.1 Å². The number of nitrogens with zero attached hydrogens (tertiary/aromatic N) is 12. The molecule has 2 aromatic heterocycles. The van der Waals surface area contributed by atoms with E-state index in [4.69, 9.17) is 0 Å². The summed E-state index contributed by atoms with van der Waals surface area (Å²) in [7, 11) is 7.52. The quantitative estimate of drug-likeness (QED) is 0.290. The first-order chi connectivity index (χ1) is 18.3. The lowest BCUT2D eigenvalue weighted by Gasteiger charge is -2.37. The van der Waals surface area contributed by atoms with Crippen molar-refractivity contribution in [2.45, 2.75) is 13.8 Å². The molecular formula is C26H34N12+2. The predicted octanol–water partition coefficient (Wildman–Crippen LogP) is 3.58. The molecule has 3 heterocycles. The van der Waals surface area contributed by atoms with Gasteiger partial charge in [-0.05, 0) is 71.6 Å². The van der Waals surface area contributed by atoms with Crippen LogP contribution in [0.25, 0.3) is 0 Å². The molecule has 0 amide bonds. The first-order valence-corrected chi connectivity index (χ1v) is 12.6. The van der Waals surface area contributed by atoms with Crippen LogP contribution in [-0.4, -0.2) is 45.7 Å². The summed E-state index contributed by atoms with van der Waals surface area (Å²) in [6.45, 7) is 7.94. The Hall–Kier alpha value is -4.48. The molecule has 0 aliphatic carbocycles. The van der Waals surface area contributed by atoms with Crippen LogP contribution in [0.5, 0.6) is 0 Å². The molecule has 1 saturated heterocycles. The molecule has 0 atom stereocenters. The molecule has 12 nitrogen and oxygen atoms in total. The summed E-state index contributed by atoms with van der Waals surface area (Å²) in [5.74, 6) is 1.39. The van der Waals surface area contributed by atoms with Gasteiger partial charge in [-0.3, -0.25) is 0 Å². The Kier molecular flexibility index (Phi) is 6.95. The number of benzene rings is 2. The van der Waals surface area contributed by atoms with Gasteiger partial charge >= 0.3 is 11.9 Å². The molecule has 0 spiro atoms. The first kappa shape index (κ1) is 25.2. The zero-order valence-corrected chi connectivity index (χ0v) is 22.8. The van der Waals surface area contributed by atoms with Crippen LogP contribution in [0.4, 0.5) is 34.6 Å². The molecule has 2 aromatic carbocycles. The monoisotopic (exact) mass is 514 g/mol. The molecule has 12 heteroatoms. The standard InChI is InChI=1S/C26H34N12/c1-19-15-21(7-9-23(19)29-31-25-33(3)17-27-35(25)5)37-11-13-38(14-12-37)22-8-10-24(20(2)16-22)30-32-26-34(4)18-28-36(26)6/h7-10,15-18H,11-14H2,1-6H3/q+2. The second kappa shape index (κ2) is 10.5. The van der Waals surface area contributed by atoms with Crippen LogP contribution in [0.15, 0.2) is 69.5 Å². The van der Waals surface area contributed by atoms with Gasteiger partial charge in [-0.15, -0.1) is 9.36 Å². The van der Waals surface area contributed by atoms with Gasteiger partial charge in [-0.25, -0.2) is 9.13 Å². The van der Waals surface area contributed by atoms with Gasteiger partial charge in [0.05, 0.1) is 28.2 Å². The van der Waals surface area contributed by atoms with E-state index in [1.165, 1.54) is 11.4 Å². The van der Waals surface area contributed by atoms with E-state index in [9.17, 15) is 0 Å². The van der Waals surface area contributed by atoms with Crippen molar-refractivity contribution in [3.05, 3.63) is 60.2 Å². The van der Waals surface area contributed by atoms with Gasteiger partial charge < -0.3 is 9.80 Å². The second-order valence-electron chi connectivity index (χ2n) is 9.65. The average Bonchev–Trinajstić information content (AvgIpc) is 3.41. The van der Waals surface area contributed by atoms with E-state index in [1.54, 1.807) is 22.0 Å². The number of rotatable bonds is 6. The smallest absolute Gasteiger partial charge is 0.368 e.